The van der Waals surface area contributed by atoms with Crippen molar-refractivity contribution < 1.29 is 9.13 Å². The zero-order valence-corrected chi connectivity index (χ0v) is 9.88. The van der Waals surface area contributed by atoms with Gasteiger partial charge in [0, 0.05) is 5.69 Å². The van der Waals surface area contributed by atoms with Gasteiger partial charge >= 0.3 is 0 Å². The summed E-state index contributed by atoms with van der Waals surface area (Å²) in [5.41, 5.74) is 7.03. The van der Waals surface area contributed by atoms with Crippen molar-refractivity contribution in [2.45, 2.75) is 0 Å². The summed E-state index contributed by atoms with van der Waals surface area (Å²) in [7, 11) is 0. The van der Waals surface area contributed by atoms with Crippen LogP contribution in [0.15, 0.2) is 48.8 Å². The van der Waals surface area contributed by atoms with E-state index in [-0.39, 0.29) is 5.82 Å². The fourth-order valence-electron chi connectivity index (χ4n) is 1.74. The van der Waals surface area contributed by atoms with Crippen LogP contribution in [0.5, 0.6) is 11.6 Å². The second kappa shape index (κ2) is 4.53. The van der Waals surface area contributed by atoms with Gasteiger partial charge in [0.2, 0.25) is 5.88 Å². The lowest BCUT2D eigenvalue weighted by Gasteiger charge is -2.07. The molecule has 0 radical (unpaired) electrons. The number of rotatable bonds is 2. The van der Waals surface area contributed by atoms with Gasteiger partial charge in [-0.2, -0.15) is 0 Å². The van der Waals surface area contributed by atoms with Crippen LogP contribution in [-0.4, -0.2) is 9.97 Å². The zero-order chi connectivity index (χ0) is 13.2. The summed E-state index contributed by atoms with van der Waals surface area (Å²) < 4.78 is 18.5. The molecular weight excluding hydrogens is 245 g/mol. The van der Waals surface area contributed by atoms with Gasteiger partial charge in [0.05, 0.1) is 10.9 Å². The molecule has 0 aliphatic carbocycles. The Morgan fingerprint density at radius 1 is 1.00 bits per heavy atom. The molecule has 5 heteroatoms. The SMILES string of the molecule is Nc1ccc2c(Oc3ccc(F)cc3)ncnc2c1. The molecule has 0 aliphatic rings. The average Bonchev–Trinajstić information content (AvgIpc) is 2.41. The molecule has 4 nitrogen and oxygen atoms in total. The Labute approximate surface area is 108 Å². The van der Waals surface area contributed by atoms with Crippen LogP contribution >= 0.6 is 0 Å². The van der Waals surface area contributed by atoms with Gasteiger partial charge in [0.15, 0.2) is 0 Å². The Balaban J connectivity index is 2.03. The van der Waals surface area contributed by atoms with Crippen LogP contribution in [0.1, 0.15) is 0 Å². The van der Waals surface area contributed by atoms with E-state index in [2.05, 4.69) is 9.97 Å². The van der Waals surface area contributed by atoms with E-state index in [1.807, 2.05) is 0 Å². The van der Waals surface area contributed by atoms with Crippen LogP contribution < -0.4 is 10.5 Å². The molecule has 1 heterocycles. The molecule has 3 rings (SSSR count). The van der Waals surface area contributed by atoms with Gasteiger partial charge in [-0.25, -0.2) is 14.4 Å². The lowest BCUT2D eigenvalue weighted by Crippen LogP contribution is -1.92. The molecule has 3 aromatic rings. The normalized spacial score (nSPS) is 10.6. The number of aromatic nitrogens is 2. The highest BCUT2D eigenvalue weighted by Crippen LogP contribution is 2.27. The predicted octanol–water partition coefficient (Wildman–Crippen LogP) is 3.14. The van der Waals surface area contributed by atoms with E-state index in [4.69, 9.17) is 10.5 Å². The lowest BCUT2D eigenvalue weighted by molar-refractivity contribution is 0.466. The summed E-state index contributed by atoms with van der Waals surface area (Å²) in [6, 6.07) is 11.0. The third-order valence-electron chi connectivity index (χ3n) is 2.65. The van der Waals surface area contributed by atoms with E-state index in [0.717, 1.165) is 5.39 Å². The Morgan fingerprint density at radius 2 is 1.79 bits per heavy atom. The zero-order valence-electron chi connectivity index (χ0n) is 9.88. The van der Waals surface area contributed by atoms with Crippen molar-refractivity contribution in [1.82, 2.24) is 9.97 Å². The molecule has 0 atom stereocenters. The van der Waals surface area contributed by atoms with Crippen molar-refractivity contribution in [3.8, 4) is 11.6 Å². The number of benzene rings is 2. The third-order valence-corrected chi connectivity index (χ3v) is 2.65. The van der Waals surface area contributed by atoms with Crippen molar-refractivity contribution in [3.05, 3.63) is 54.6 Å². The maximum atomic E-state index is 12.8. The first-order valence-electron chi connectivity index (χ1n) is 5.66. The van der Waals surface area contributed by atoms with Crippen LogP contribution in [0, 0.1) is 5.82 Å². The van der Waals surface area contributed by atoms with E-state index in [0.29, 0.717) is 22.8 Å². The summed E-state index contributed by atoms with van der Waals surface area (Å²) in [4.78, 5) is 8.21. The molecule has 1 aromatic heterocycles. The van der Waals surface area contributed by atoms with Gasteiger partial charge in [-0.1, -0.05) is 0 Å². The molecule has 0 fully saturated rings. The summed E-state index contributed by atoms with van der Waals surface area (Å²) >= 11 is 0. The van der Waals surface area contributed by atoms with Gasteiger partial charge in [-0.3, -0.25) is 0 Å². The lowest BCUT2D eigenvalue weighted by atomic mass is 10.2. The van der Waals surface area contributed by atoms with E-state index in [9.17, 15) is 4.39 Å². The number of hydrogen-bond acceptors (Lipinski definition) is 4. The monoisotopic (exact) mass is 255 g/mol. The molecule has 2 N–H and O–H groups in total. The molecule has 0 spiro atoms. The smallest absolute Gasteiger partial charge is 0.230 e. The quantitative estimate of drug-likeness (QED) is 0.714. The fourth-order valence-corrected chi connectivity index (χ4v) is 1.74. The van der Waals surface area contributed by atoms with Gasteiger partial charge in [0.1, 0.15) is 17.9 Å². The van der Waals surface area contributed by atoms with Crippen molar-refractivity contribution in [2.24, 2.45) is 0 Å². The fraction of sp³-hybridized carbons (Fsp3) is 0. The summed E-state index contributed by atoms with van der Waals surface area (Å²) in [5, 5.41) is 0.751. The highest BCUT2D eigenvalue weighted by molar-refractivity contribution is 5.85. The van der Waals surface area contributed by atoms with Crippen molar-refractivity contribution >= 4 is 16.6 Å². The number of anilines is 1. The van der Waals surface area contributed by atoms with Gasteiger partial charge in [-0.15, -0.1) is 0 Å². The Bertz CT molecular complexity index is 728. The molecule has 19 heavy (non-hydrogen) atoms. The number of nitrogens with zero attached hydrogens (tertiary/aromatic N) is 2. The third kappa shape index (κ3) is 2.30. The maximum Gasteiger partial charge on any atom is 0.230 e. The second-order valence-corrected chi connectivity index (χ2v) is 4.01. The van der Waals surface area contributed by atoms with Gasteiger partial charge < -0.3 is 10.5 Å². The molecule has 2 aromatic carbocycles. The molecule has 0 saturated carbocycles. The Morgan fingerprint density at radius 3 is 2.58 bits per heavy atom. The summed E-state index contributed by atoms with van der Waals surface area (Å²) in [6.07, 6.45) is 1.40. The van der Waals surface area contributed by atoms with Crippen molar-refractivity contribution in [2.75, 3.05) is 5.73 Å². The first-order chi connectivity index (χ1) is 9.22. The molecule has 0 saturated heterocycles. The number of ether oxygens (including phenoxy) is 1. The second-order valence-electron chi connectivity index (χ2n) is 4.01. The topological polar surface area (TPSA) is 61.0 Å². The molecule has 94 valence electrons. The van der Waals surface area contributed by atoms with Gasteiger partial charge in [0.25, 0.3) is 0 Å². The average molecular weight is 255 g/mol. The predicted molar refractivity (Wildman–Crippen MR) is 70.4 cm³/mol. The van der Waals surface area contributed by atoms with Gasteiger partial charge in [-0.05, 0) is 42.5 Å². The van der Waals surface area contributed by atoms with E-state index >= 15 is 0 Å². The molecule has 0 amide bonds. The largest absolute Gasteiger partial charge is 0.438 e. The highest BCUT2D eigenvalue weighted by atomic mass is 19.1. The highest BCUT2D eigenvalue weighted by Gasteiger charge is 2.06. The van der Waals surface area contributed by atoms with Crippen LogP contribution in [-0.2, 0) is 0 Å². The van der Waals surface area contributed by atoms with E-state index in [1.165, 1.54) is 18.5 Å². The summed E-state index contributed by atoms with van der Waals surface area (Å²) in [6.45, 7) is 0. The van der Waals surface area contributed by atoms with Crippen LogP contribution in [0.2, 0.25) is 0 Å². The molecule has 0 bridgehead atoms. The number of nitrogen functional groups attached to an aromatic ring is 1. The van der Waals surface area contributed by atoms with Crippen LogP contribution in [0.4, 0.5) is 10.1 Å². The number of fused-ring (bicyclic) bond motifs is 1. The molecule has 0 aliphatic heterocycles. The minimum atomic E-state index is -0.312. The first kappa shape index (κ1) is 11.4. The Kier molecular flexibility index (Phi) is 2.72. The molecule has 0 unspecified atom stereocenters. The van der Waals surface area contributed by atoms with Crippen LogP contribution in [0.25, 0.3) is 10.9 Å². The van der Waals surface area contributed by atoms with Crippen molar-refractivity contribution in [3.63, 3.8) is 0 Å². The standard InChI is InChI=1S/C14H10FN3O/c15-9-1-4-11(5-2-9)19-14-12-6-3-10(16)7-13(12)17-8-18-14/h1-8H,16H2. The molecular formula is C14H10FN3O. The van der Waals surface area contributed by atoms with Crippen molar-refractivity contribution in [1.29, 1.82) is 0 Å². The number of hydrogen-bond donors (Lipinski definition) is 1. The van der Waals surface area contributed by atoms with E-state index < -0.39 is 0 Å². The van der Waals surface area contributed by atoms with E-state index in [1.54, 1.807) is 30.3 Å². The maximum absolute atomic E-state index is 12.8. The minimum absolute atomic E-state index is 0.312. The summed E-state index contributed by atoms with van der Waals surface area (Å²) in [5.74, 6) is 0.613. The first-order valence-corrected chi connectivity index (χ1v) is 5.66. The number of halogens is 1. The minimum Gasteiger partial charge on any atom is -0.438 e. The Hall–Kier alpha value is -2.69. The van der Waals surface area contributed by atoms with Crippen LogP contribution in [0.3, 0.4) is 0 Å². The number of nitrogens with two attached hydrogens (primary N) is 1.